The summed E-state index contributed by atoms with van der Waals surface area (Å²) in [7, 11) is 0. The normalized spacial score (nSPS) is 10.7. The molecule has 0 fully saturated rings. The summed E-state index contributed by atoms with van der Waals surface area (Å²) in [5, 5.41) is 15.7. The molecule has 0 saturated heterocycles. The van der Waals surface area contributed by atoms with Crippen LogP contribution in [-0.4, -0.2) is 32.3 Å². The zero-order chi connectivity index (χ0) is 10.4. The molecule has 0 heterocycles. The maximum atomic E-state index is 10.6. The van der Waals surface area contributed by atoms with E-state index >= 15 is 0 Å². The minimum Gasteiger partial charge on any atom is -0.317 e. The maximum absolute atomic E-state index is 10.6. The van der Waals surface area contributed by atoms with E-state index in [1.807, 2.05) is 0 Å². The van der Waals surface area contributed by atoms with Gasteiger partial charge in [0, 0.05) is 0 Å². The fourth-order valence-electron chi connectivity index (χ4n) is 0.292. The van der Waals surface area contributed by atoms with Crippen molar-refractivity contribution >= 4 is 6.09 Å². The molecule has 12 heteroatoms. The molecule has 0 unspecified atom stereocenters. The van der Waals surface area contributed by atoms with Gasteiger partial charge in [0.2, 0.25) is 0 Å². The van der Waals surface area contributed by atoms with Gasteiger partial charge in [-0.15, -0.1) is 0 Å². The number of hydrazine groups is 3. The molecule has 0 radical (unpaired) electrons. The summed E-state index contributed by atoms with van der Waals surface area (Å²) in [5.74, 6) is 13.7. The van der Waals surface area contributed by atoms with Gasteiger partial charge in [-0.2, -0.15) is 10.8 Å². The Morgan fingerprint density at radius 2 is 1.92 bits per heavy atom. The van der Waals surface area contributed by atoms with Crippen LogP contribution in [0.4, 0.5) is 4.79 Å². The Morgan fingerprint density at radius 3 is 2.23 bits per heavy atom. The van der Waals surface area contributed by atoms with E-state index in [0.717, 1.165) is 0 Å². The predicted octanol–water partition coefficient (Wildman–Crippen LogP) is -2.79. The van der Waals surface area contributed by atoms with Crippen molar-refractivity contribution in [1.82, 2.24) is 15.8 Å². The van der Waals surface area contributed by atoms with Gasteiger partial charge in [-0.3, -0.25) is 5.21 Å². The summed E-state index contributed by atoms with van der Waals surface area (Å²) in [6.07, 6.45) is -1.55. The van der Waals surface area contributed by atoms with E-state index in [-0.39, 0.29) is 10.6 Å². The molecule has 0 aromatic rings. The van der Waals surface area contributed by atoms with E-state index in [4.69, 9.17) is 10.5 Å². The fourth-order valence-corrected chi connectivity index (χ4v) is 0.292. The molecular formula is CH8N6O6. The van der Waals surface area contributed by atoms with Crippen LogP contribution in [0.1, 0.15) is 0 Å². The Hall–Kier alpha value is -1.09. The van der Waals surface area contributed by atoms with E-state index in [1.165, 1.54) is 0 Å². The molecule has 0 aromatic carbocycles. The molecule has 13 heavy (non-hydrogen) atoms. The molecular weight excluding hydrogens is 192 g/mol. The highest BCUT2D eigenvalue weighted by molar-refractivity contribution is 5.64. The number of hydrogen-bond acceptors (Lipinski definition) is 11. The van der Waals surface area contributed by atoms with Gasteiger partial charge < -0.3 is 4.84 Å². The topological polar surface area (TPSA) is 173 Å². The Balaban J connectivity index is 4.07. The first-order valence-corrected chi connectivity index (χ1v) is 2.51. The number of nitrogens with zero attached hydrogens (tertiary/aromatic N) is 3. The van der Waals surface area contributed by atoms with E-state index < -0.39 is 11.3 Å². The molecule has 0 spiro atoms. The van der Waals surface area contributed by atoms with Crippen molar-refractivity contribution in [3.05, 3.63) is 0 Å². The molecule has 12 nitrogen and oxygen atoms in total. The molecule has 0 rings (SSSR count). The Morgan fingerprint density at radius 1 is 1.38 bits per heavy atom. The molecule has 78 valence electrons. The van der Waals surface area contributed by atoms with Crippen molar-refractivity contribution in [3.63, 3.8) is 0 Å². The molecule has 0 saturated carbocycles. The smallest absolute Gasteiger partial charge is 0.317 e. The van der Waals surface area contributed by atoms with E-state index in [1.54, 1.807) is 0 Å². The average Bonchev–Trinajstić information content (AvgIpc) is 2.05. The third kappa shape index (κ3) is 3.90. The number of nitrogens with two attached hydrogens (primary N) is 3. The second-order valence-corrected chi connectivity index (χ2v) is 1.43. The molecule has 1 amide bonds. The molecule has 0 atom stereocenters. The monoisotopic (exact) mass is 200 g/mol. The van der Waals surface area contributed by atoms with E-state index in [9.17, 15) is 4.79 Å². The lowest BCUT2D eigenvalue weighted by molar-refractivity contribution is -0.598. The lowest BCUT2D eigenvalue weighted by Crippen LogP contribution is -2.50. The van der Waals surface area contributed by atoms with Gasteiger partial charge in [0.1, 0.15) is 5.34 Å². The van der Waals surface area contributed by atoms with Crippen LogP contribution in [0.3, 0.4) is 0 Å². The Labute approximate surface area is 70.7 Å². The first kappa shape index (κ1) is 11.9. The number of carbonyl (C=O) groups excluding carboxylic acids is 1. The number of rotatable bonds is 4. The maximum Gasteiger partial charge on any atom is 0.475 e. The van der Waals surface area contributed by atoms with Crippen molar-refractivity contribution in [1.29, 1.82) is 0 Å². The number of amides is 1. The molecule has 8 N–H and O–H groups in total. The fraction of sp³-hybridized carbons (Fsp3) is 0. The molecule has 0 bridgehead atoms. The Kier molecular flexibility index (Phi) is 5.07. The van der Waals surface area contributed by atoms with Gasteiger partial charge in [0.15, 0.2) is 0 Å². The SMILES string of the molecule is NON(OO)N(O)C(=O)ON(N)N. The highest BCUT2D eigenvalue weighted by Crippen LogP contribution is 1.96. The van der Waals surface area contributed by atoms with Crippen molar-refractivity contribution < 1.29 is 30.0 Å². The number of hydrogen-bond donors (Lipinski definition) is 5. The summed E-state index contributed by atoms with van der Waals surface area (Å²) in [6, 6.07) is 0. The average molecular weight is 200 g/mol. The second kappa shape index (κ2) is 5.54. The molecule has 0 aliphatic heterocycles. The molecule has 0 aliphatic carbocycles. The summed E-state index contributed by atoms with van der Waals surface area (Å²) in [6.45, 7) is 0. The van der Waals surface area contributed by atoms with Crippen LogP contribution in [0.15, 0.2) is 0 Å². The largest absolute Gasteiger partial charge is 0.475 e. The molecule has 0 aliphatic rings. The van der Waals surface area contributed by atoms with Gasteiger partial charge in [-0.1, -0.05) is 10.2 Å². The third-order valence-electron chi connectivity index (χ3n) is 0.662. The number of hydroxylamine groups is 1. The summed E-state index contributed by atoms with van der Waals surface area (Å²) < 4.78 is 0. The van der Waals surface area contributed by atoms with Crippen LogP contribution < -0.4 is 17.6 Å². The second-order valence-electron chi connectivity index (χ2n) is 1.43. The summed E-state index contributed by atoms with van der Waals surface area (Å²) in [5.41, 5.74) is 0. The quantitative estimate of drug-likeness (QED) is 0.137. The third-order valence-corrected chi connectivity index (χ3v) is 0.662. The van der Waals surface area contributed by atoms with Crippen molar-refractivity contribution in [2.45, 2.75) is 0 Å². The van der Waals surface area contributed by atoms with Gasteiger partial charge in [0.05, 0.1) is 0 Å². The van der Waals surface area contributed by atoms with Crippen LogP contribution in [-0.2, 0) is 14.8 Å². The first-order valence-electron chi connectivity index (χ1n) is 2.51. The Bertz CT molecular complexity index is 157. The van der Waals surface area contributed by atoms with Gasteiger partial charge in [-0.05, 0) is 5.28 Å². The van der Waals surface area contributed by atoms with Gasteiger partial charge >= 0.3 is 6.09 Å². The van der Waals surface area contributed by atoms with Crippen molar-refractivity contribution in [2.24, 2.45) is 17.6 Å². The van der Waals surface area contributed by atoms with E-state index in [0.29, 0.717) is 0 Å². The molecule has 0 aromatic heterocycles. The highest BCUT2D eigenvalue weighted by Gasteiger charge is 2.24. The van der Waals surface area contributed by atoms with Crippen LogP contribution in [0.25, 0.3) is 0 Å². The minimum absolute atomic E-state index is 0.0162. The zero-order valence-electron chi connectivity index (χ0n) is 6.10. The number of carbonyl (C=O) groups is 1. The lowest BCUT2D eigenvalue weighted by atomic mass is 11.2. The highest BCUT2D eigenvalue weighted by atomic mass is 17.3. The summed E-state index contributed by atoms with van der Waals surface area (Å²) in [4.78, 5) is 21.3. The van der Waals surface area contributed by atoms with Crippen molar-refractivity contribution in [2.75, 3.05) is 0 Å². The first-order chi connectivity index (χ1) is 6.02. The van der Waals surface area contributed by atoms with Gasteiger partial charge in [-0.25, -0.2) is 21.7 Å². The van der Waals surface area contributed by atoms with Crippen LogP contribution in [0, 0.1) is 0 Å². The minimum atomic E-state index is -1.55. The summed E-state index contributed by atoms with van der Waals surface area (Å²) >= 11 is 0. The van der Waals surface area contributed by atoms with Crippen molar-refractivity contribution in [3.8, 4) is 0 Å². The predicted molar refractivity (Wildman–Crippen MR) is 31.1 cm³/mol. The standard InChI is InChI=1S/CH8N6O6/c2-6(3)11-1(8)5(9)7(12-4)13-10/h9-10H,2-4H2. The van der Waals surface area contributed by atoms with Crippen LogP contribution in [0.5, 0.6) is 0 Å². The zero-order valence-corrected chi connectivity index (χ0v) is 6.10. The van der Waals surface area contributed by atoms with E-state index in [2.05, 4.69) is 32.3 Å². The van der Waals surface area contributed by atoms with Crippen LogP contribution >= 0.6 is 0 Å². The van der Waals surface area contributed by atoms with Crippen LogP contribution in [0.2, 0.25) is 0 Å². The lowest BCUT2D eigenvalue weighted by Gasteiger charge is -2.20. The van der Waals surface area contributed by atoms with Gasteiger partial charge in [0.25, 0.3) is 0 Å².